The van der Waals surface area contributed by atoms with Crippen LogP contribution in [0.25, 0.3) is 0 Å². The van der Waals surface area contributed by atoms with Crippen molar-refractivity contribution in [2.75, 3.05) is 0 Å². The first-order chi connectivity index (χ1) is 12.2. The Morgan fingerprint density at radius 2 is 1.92 bits per heavy atom. The Kier molecular flexibility index (Phi) is 4.53. The maximum Gasteiger partial charge on any atom is 0.514 e. The van der Waals surface area contributed by atoms with Crippen molar-refractivity contribution in [3.63, 3.8) is 0 Å². The molecule has 11 heteroatoms. The topological polar surface area (TPSA) is 96.5 Å². The summed E-state index contributed by atoms with van der Waals surface area (Å²) in [5.41, 5.74) is -1.01. The molecule has 1 aromatic carbocycles. The summed E-state index contributed by atoms with van der Waals surface area (Å²) < 4.78 is 49.4. The van der Waals surface area contributed by atoms with Crippen molar-refractivity contribution in [2.45, 2.75) is 31.2 Å². The molecule has 0 saturated heterocycles. The molecule has 1 aromatic heterocycles. The molecule has 0 N–H and O–H groups in total. The number of carbonyl (C=O) groups is 1. The number of aromatic nitrogens is 2. The Morgan fingerprint density at radius 3 is 2.50 bits per heavy atom. The number of imidazole rings is 1. The van der Waals surface area contributed by atoms with Gasteiger partial charge in [-0.1, -0.05) is 0 Å². The van der Waals surface area contributed by atoms with Crippen LogP contribution in [0.15, 0.2) is 36.8 Å². The minimum Gasteiger partial charge on any atom is -0.431 e. The third kappa shape index (κ3) is 3.76. The molecule has 1 aliphatic rings. The minimum absolute atomic E-state index is 0.0606. The fourth-order valence-electron chi connectivity index (χ4n) is 2.57. The molecule has 0 atom stereocenters. The quantitative estimate of drug-likeness (QED) is 0.352. The van der Waals surface area contributed by atoms with Crippen molar-refractivity contribution < 1.29 is 32.4 Å². The number of nitro groups is 1. The number of alkyl halides is 3. The zero-order chi connectivity index (χ0) is 18.9. The average molecular weight is 371 g/mol. The summed E-state index contributed by atoms with van der Waals surface area (Å²) in [6.07, 6.45) is -3.85. The van der Waals surface area contributed by atoms with E-state index in [2.05, 4.69) is 4.98 Å². The van der Waals surface area contributed by atoms with Crippen molar-refractivity contribution in [1.82, 2.24) is 9.55 Å². The second kappa shape index (κ2) is 6.65. The lowest BCUT2D eigenvalue weighted by atomic mass is 9.89. The van der Waals surface area contributed by atoms with Gasteiger partial charge in [-0.3, -0.25) is 10.1 Å². The number of nitrogens with zero attached hydrogens (tertiary/aromatic N) is 3. The van der Waals surface area contributed by atoms with E-state index in [-0.39, 0.29) is 24.3 Å². The van der Waals surface area contributed by atoms with Gasteiger partial charge >= 0.3 is 12.3 Å². The van der Waals surface area contributed by atoms with Crippen LogP contribution >= 0.6 is 0 Å². The molecule has 0 spiro atoms. The van der Waals surface area contributed by atoms with Crippen LogP contribution in [0, 0.1) is 10.1 Å². The molecule has 1 heterocycles. The van der Waals surface area contributed by atoms with Crippen LogP contribution in [0.1, 0.15) is 24.6 Å². The normalized spacial score (nSPS) is 19.5. The standard InChI is InChI=1S/C15H12F3N3O5/c16-15(17,18)13-7-19-8-20(13)10-5-12(6-10)26-14(22)25-11-3-1-9(2-4-11)21(23)24/h1-4,7-8,10,12H,5-6H2. The number of ether oxygens (including phenoxy) is 2. The van der Waals surface area contributed by atoms with Crippen LogP contribution in [0.2, 0.25) is 0 Å². The maximum atomic E-state index is 12.8. The molecule has 138 valence electrons. The Labute approximate surface area is 144 Å². The van der Waals surface area contributed by atoms with Gasteiger partial charge in [0.1, 0.15) is 17.5 Å². The first kappa shape index (κ1) is 17.7. The molecular formula is C15H12F3N3O5. The molecule has 0 bridgehead atoms. The summed E-state index contributed by atoms with van der Waals surface area (Å²) in [7, 11) is 0. The molecule has 0 radical (unpaired) electrons. The first-order valence-corrected chi connectivity index (χ1v) is 7.46. The van der Waals surface area contributed by atoms with E-state index in [0.29, 0.717) is 0 Å². The molecule has 0 aliphatic heterocycles. The van der Waals surface area contributed by atoms with Gasteiger partial charge in [-0.15, -0.1) is 0 Å². The van der Waals surface area contributed by atoms with Crippen LogP contribution in [-0.2, 0) is 10.9 Å². The van der Waals surface area contributed by atoms with E-state index in [1.165, 1.54) is 24.3 Å². The van der Waals surface area contributed by atoms with Crippen LogP contribution in [0.3, 0.4) is 0 Å². The van der Waals surface area contributed by atoms with Crippen LogP contribution in [-0.4, -0.2) is 26.7 Å². The molecule has 2 aromatic rings. The van der Waals surface area contributed by atoms with Crippen molar-refractivity contribution in [1.29, 1.82) is 0 Å². The number of hydrogen-bond acceptors (Lipinski definition) is 6. The number of nitro benzene ring substituents is 1. The largest absolute Gasteiger partial charge is 0.514 e. The zero-order valence-electron chi connectivity index (χ0n) is 13.0. The number of hydrogen-bond donors (Lipinski definition) is 0. The predicted octanol–water partition coefficient (Wildman–Crippen LogP) is 3.73. The average Bonchev–Trinajstić information content (AvgIpc) is 3.00. The Balaban J connectivity index is 1.50. The van der Waals surface area contributed by atoms with Gasteiger partial charge in [-0.05, 0) is 12.1 Å². The number of rotatable bonds is 4. The third-order valence-electron chi connectivity index (χ3n) is 3.93. The summed E-state index contributed by atoms with van der Waals surface area (Å²) in [5.74, 6) is 0.0606. The van der Waals surface area contributed by atoms with Gasteiger partial charge in [-0.25, -0.2) is 9.78 Å². The van der Waals surface area contributed by atoms with Crippen molar-refractivity contribution in [3.8, 4) is 5.75 Å². The Bertz CT molecular complexity index is 813. The highest BCUT2D eigenvalue weighted by atomic mass is 19.4. The zero-order valence-corrected chi connectivity index (χ0v) is 13.0. The Hall–Kier alpha value is -3.11. The SMILES string of the molecule is O=C(Oc1ccc([N+](=O)[O-])cc1)OC1CC(n2cncc2C(F)(F)F)C1. The van der Waals surface area contributed by atoms with Crippen molar-refractivity contribution in [3.05, 3.63) is 52.6 Å². The summed E-state index contributed by atoms with van der Waals surface area (Å²) in [6, 6.07) is 4.35. The number of benzene rings is 1. The number of halogens is 3. The fraction of sp³-hybridized carbons (Fsp3) is 0.333. The van der Waals surface area contributed by atoms with E-state index in [0.717, 1.165) is 17.1 Å². The minimum atomic E-state index is -4.50. The maximum absolute atomic E-state index is 12.8. The lowest BCUT2D eigenvalue weighted by molar-refractivity contribution is -0.384. The van der Waals surface area contributed by atoms with E-state index in [1.807, 2.05) is 0 Å². The van der Waals surface area contributed by atoms with Crippen LogP contribution in [0.5, 0.6) is 5.75 Å². The van der Waals surface area contributed by atoms with E-state index < -0.39 is 35.1 Å². The fourth-order valence-corrected chi connectivity index (χ4v) is 2.57. The summed E-state index contributed by atoms with van der Waals surface area (Å²) >= 11 is 0. The molecule has 8 nitrogen and oxygen atoms in total. The van der Waals surface area contributed by atoms with E-state index in [9.17, 15) is 28.1 Å². The monoisotopic (exact) mass is 371 g/mol. The third-order valence-corrected chi connectivity index (χ3v) is 3.93. The smallest absolute Gasteiger partial charge is 0.431 e. The van der Waals surface area contributed by atoms with Gasteiger partial charge in [0.15, 0.2) is 0 Å². The molecule has 3 rings (SSSR count). The summed E-state index contributed by atoms with van der Waals surface area (Å²) in [6.45, 7) is 0. The van der Waals surface area contributed by atoms with E-state index in [4.69, 9.17) is 9.47 Å². The molecule has 0 amide bonds. The highest BCUT2D eigenvalue weighted by Gasteiger charge is 2.41. The Morgan fingerprint density at radius 1 is 1.27 bits per heavy atom. The summed E-state index contributed by atoms with van der Waals surface area (Å²) in [4.78, 5) is 25.1. The number of carbonyl (C=O) groups excluding carboxylic acids is 1. The highest BCUT2D eigenvalue weighted by Crippen LogP contribution is 2.39. The molecule has 1 fully saturated rings. The highest BCUT2D eigenvalue weighted by molar-refractivity contribution is 5.64. The van der Waals surface area contributed by atoms with Gasteiger partial charge in [0.2, 0.25) is 0 Å². The second-order valence-corrected chi connectivity index (χ2v) is 5.65. The first-order valence-electron chi connectivity index (χ1n) is 7.46. The molecule has 26 heavy (non-hydrogen) atoms. The van der Waals surface area contributed by atoms with Gasteiger partial charge in [-0.2, -0.15) is 13.2 Å². The lowest BCUT2D eigenvalue weighted by Crippen LogP contribution is -2.36. The predicted molar refractivity (Wildman–Crippen MR) is 79.5 cm³/mol. The van der Waals surface area contributed by atoms with Gasteiger partial charge in [0, 0.05) is 31.0 Å². The molecule has 1 aliphatic carbocycles. The van der Waals surface area contributed by atoms with Crippen molar-refractivity contribution >= 4 is 11.8 Å². The number of non-ortho nitro benzene ring substituents is 1. The molecule has 0 unspecified atom stereocenters. The second-order valence-electron chi connectivity index (χ2n) is 5.65. The molecule has 1 saturated carbocycles. The van der Waals surface area contributed by atoms with Gasteiger partial charge in [0.05, 0.1) is 17.4 Å². The van der Waals surface area contributed by atoms with Crippen LogP contribution in [0.4, 0.5) is 23.7 Å². The van der Waals surface area contributed by atoms with E-state index >= 15 is 0 Å². The van der Waals surface area contributed by atoms with Gasteiger partial charge in [0.25, 0.3) is 5.69 Å². The lowest BCUT2D eigenvalue weighted by Gasteiger charge is -2.35. The van der Waals surface area contributed by atoms with Gasteiger partial charge < -0.3 is 14.0 Å². The van der Waals surface area contributed by atoms with Crippen LogP contribution < -0.4 is 4.74 Å². The van der Waals surface area contributed by atoms with Crippen molar-refractivity contribution in [2.24, 2.45) is 0 Å². The molecular weight excluding hydrogens is 359 g/mol. The summed E-state index contributed by atoms with van der Waals surface area (Å²) in [5, 5.41) is 10.5. The van der Waals surface area contributed by atoms with E-state index in [1.54, 1.807) is 0 Å².